The van der Waals surface area contributed by atoms with Gasteiger partial charge in [0.1, 0.15) is 5.65 Å². The molecule has 0 saturated carbocycles. The highest BCUT2D eigenvalue weighted by molar-refractivity contribution is 5.98. The van der Waals surface area contributed by atoms with Crippen LogP contribution >= 0.6 is 0 Å². The summed E-state index contributed by atoms with van der Waals surface area (Å²) in [6.45, 7) is 1.84. The third-order valence-corrected chi connectivity index (χ3v) is 3.61. The normalized spacial score (nSPS) is 14.6. The number of rotatable bonds is 3. The Bertz CT molecular complexity index is 765. The average molecular weight is 301 g/mol. The van der Waals surface area contributed by atoms with Gasteiger partial charge in [-0.15, -0.1) is 0 Å². The van der Waals surface area contributed by atoms with Crippen molar-refractivity contribution in [2.45, 2.75) is 19.8 Å². The third kappa shape index (κ3) is 2.57. The Labute approximate surface area is 126 Å². The summed E-state index contributed by atoms with van der Waals surface area (Å²) in [4.78, 5) is 40.5. The summed E-state index contributed by atoms with van der Waals surface area (Å²) in [5.74, 6) is -1.39. The fraction of sp³-hybridized carbons (Fsp3) is 0.333. The van der Waals surface area contributed by atoms with Crippen LogP contribution in [0.1, 0.15) is 29.0 Å². The van der Waals surface area contributed by atoms with Gasteiger partial charge in [0.2, 0.25) is 5.91 Å². The lowest BCUT2D eigenvalue weighted by Crippen LogP contribution is -2.35. The number of imidazole rings is 1. The molecule has 7 heteroatoms. The summed E-state index contributed by atoms with van der Waals surface area (Å²) in [7, 11) is 0. The molecule has 3 heterocycles. The van der Waals surface area contributed by atoms with Gasteiger partial charge in [-0.3, -0.25) is 14.5 Å². The second kappa shape index (κ2) is 5.59. The lowest BCUT2D eigenvalue weighted by molar-refractivity contribution is -0.143. The number of carbonyl (C=O) groups excluding carboxylic acids is 3. The minimum Gasteiger partial charge on any atom is -0.451 e. The zero-order valence-corrected chi connectivity index (χ0v) is 12.1. The van der Waals surface area contributed by atoms with Crippen LogP contribution in [-0.2, 0) is 14.3 Å². The van der Waals surface area contributed by atoms with Crippen LogP contribution in [0.2, 0.25) is 0 Å². The van der Waals surface area contributed by atoms with Crippen molar-refractivity contribution in [3.63, 3.8) is 0 Å². The molecule has 2 aromatic rings. The Morgan fingerprint density at radius 1 is 1.36 bits per heavy atom. The van der Waals surface area contributed by atoms with Gasteiger partial charge in [-0.25, -0.2) is 9.78 Å². The first-order valence-electron chi connectivity index (χ1n) is 7.01. The Hall–Kier alpha value is -2.70. The largest absolute Gasteiger partial charge is 0.451 e. The van der Waals surface area contributed by atoms with Gasteiger partial charge in [-0.2, -0.15) is 0 Å². The van der Waals surface area contributed by atoms with Gasteiger partial charge in [0, 0.05) is 24.9 Å². The highest BCUT2D eigenvalue weighted by Gasteiger charge is 2.27. The molecule has 0 radical (unpaired) electrons. The lowest BCUT2D eigenvalue weighted by Gasteiger charge is -2.12. The molecule has 0 atom stereocenters. The number of aromatic nitrogens is 2. The van der Waals surface area contributed by atoms with Crippen LogP contribution in [0.15, 0.2) is 24.4 Å². The number of amides is 2. The van der Waals surface area contributed by atoms with Gasteiger partial charge < -0.3 is 9.14 Å². The molecule has 7 nitrogen and oxygen atoms in total. The van der Waals surface area contributed by atoms with E-state index in [1.807, 2.05) is 19.1 Å². The smallest absolute Gasteiger partial charge is 0.359 e. The molecule has 1 aliphatic heterocycles. The minimum atomic E-state index is -0.678. The van der Waals surface area contributed by atoms with E-state index in [0.717, 1.165) is 10.6 Å². The Morgan fingerprint density at radius 2 is 2.18 bits per heavy atom. The summed E-state index contributed by atoms with van der Waals surface area (Å²) >= 11 is 0. The number of imide groups is 1. The number of pyridine rings is 1. The number of fused-ring (bicyclic) bond motifs is 1. The SMILES string of the molecule is Cc1cccc2nc(C(=O)OCC(=O)N3CCCC3=O)cn12. The molecular weight excluding hydrogens is 286 g/mol. The van der Waals surface area contributed by atoms with Crippen molar-refractivity contribution >= 4 is 23.4 Å². The number of nitrogens with zero attached hydrogens (tertiary/aromatic N) is 3. The summed E-state index contributed by atoms with van der Waals surface area (Å²) in [5.41, 5.74) is 1.70. The highest BCUT2D eigenvalue weighted by atomic mass is 16.5. The van der Waals surface area contributed by atoms with E-state index < -0.39 is 18.5 Å². The second-order valence-corrected chi connectivity index (χ2v) is 5.14. The molecule has 1 aliphatic rings. The zero-order valence-electron chi connectivity index (χ0n) is 12.1. The summed E-state index contributed by atoms with van der Waals surface area (Å²) in [5, 5.41) is 0. The number of hydrogen-bond acceptors (Lipinski definition) is 5. The van der Waals surface area contributed by atoms with Crippen LogP contribution in [0.3, 0.4) is 0 Å². The predicted octanol–water partition coefficient (Wildman–Crippen LogP) is 0.949. The van der Waals surface area contributed by atoms with Gasteiger partial charge in [0.15, 0.2) is 12.3 Å². The van der Waals surface area contributed by atoms with Crippen LogP contribution < -0.4 is 0 Å². The van der Waals surface area contributed by atoms with E-state index in [2.05, 4.69) is 4.98 Å². The van der Waals surface area contributed by atoms with E-state index in [0.29, 0.717) is 25.0 Å². The molecule has 0 N–H and O–H groups in total. The first-order chi connectivity index (χ1) is 10.6. The van der Waals surface area contributed by atoms with Gasteiger partial charge in [-0.05, 0) is 25.5 Å². The monoisotopic (exact) mass is 301 g/mol. The van der Waals surface area contributed by atoms with Gasteiger partial charge in [0.05, 0.1) is 0 Å². The molecule has 2 aromatic heterocycles. The summed E-state index contributed by atoms with van der Waals surface area (Å²) in [6.07, 6.45) is 2.59. The van der Waals surface area contributed by atoms with Crippen molar-refractivity contribution in [2.24, 2.45) is 0 Å². The highest BCUT2D eigenvalue weighted by Crippen LogP contribution is 2.11. The van der Waals surface area contributed by atoms with Crippen molar-refractivity contribution < 1.29 is 19.1 Å². The van der Waals surface area contributed by atoms with Crippen molar-refractivity contribution in [1.82, 2.24) is 14.3 Å². The maximum atomic E-state index is 12.0. The Morgan fingerprint density at radius 3 is 2.86 bits per heavy atom. The number of ether oxygens (including phenoxy) is 1. The zero-order chi connectivity index (χ0) is 15.7. The first-order valence-corrected chi connectivity index (χ1v) is 7.01. The third-order valence-electron chi connectivity index (χ3n) is 3.61. The maximum absolute atomic E-state index is 12.0. The van der Waals surface area contributed by atoms with Crippen molar-refractivity contribution in [3.05, 3.63) is 35.8 Å². The standard InChI is InChI=1S/C15H15N3O4/c1-10-4-2-5-12-16-11(8-18(10)12)15(21)22-9-14(20)17-7-3-6-13(17)19/h2,4-5,8H,3,6-7,9H2,1H3. The molecule has 0 unspecified atom stereocenters. The van der Waals surface area contributed by atoms with Crippen LogP contribution in [0.5, 0.6) is 0 Å². The van der Waals surface area contributed by atoms with Gasteiger partial charge in [0.25, 0.3) is 5.91 Å². The topological polar surface area (TPSA) is 81.0 Å². The van der Waals surface area contributed by atoms with E-state index in [9.17, 15) is 14.4 Å². The van der Waals surface area contributed by atoms with E-state index in [4.69, 9.17) is 4.74 Å². The molecule has 3 rings (SSSR count). The Balaban J connectivity index is 1.67. The molecule has 0 spiro atoms. The summed E-state index contributed by atoms with van der Waals surface area (Å²) < 4.78 is 6.73. The van der Waals surface area contributed by atoms with Crippen LogP contribution in [0.25, 0.3) is 5.65 Å². The molecule has 1 saturated heterocycles. The van der Waals surface area contributed by atoms with E-state index >= 15 is 0 Å². The van der Waals surface area contributed by atoms with E-state index in [-0.39, 0.29) is 11.6 Å². The molecule has 22 heavy (non-hydrogen) atoms. The first kappa shape index (κ1) is 14.2. The number of hydrogen-bond donors (Lipinski definition) is 0. The molecule has 0 aliphatic carbocycles. The predicted molar refractivity (Wildman–Crippen MR) is 76.2 cm³/mol. The van der Waals surface area contributed by atoms with Crippen LogP contribution in [0, 0.1) is 6.92 Å². The molecule has 1 fully saturated rings. The fourth-order valence-corrected chi connectivity index (χ4v) is 2.44. The van der Waals surface area contributed by atoms with Gasteiger partial charge in [-0.1, -0.05) is 6.07 Å². The quantitative estimate of drug-likeness (QED) is 0.788. The number of carbonyl (C=O) groups is 3. The average Bonchev–Trinajstić information content (AvgIpc) is 3.11. The molecule has 0 bridgehead atoms. The molecule has 0 aromatic carbocycles. The van der Waals surface area contributed by atoms with Crippen molar-refractivity contribution in [3.8, 4) is 0 Å². The van der Waals surface area contributed by atoms with Crippen LogP contribution in [0.4, 0.5) is 0 Å². The molecule has 114 valence electrons. The van der Waals surface area contributed by atoms with E-state index in [1.54, 1.807) is 16.7 Å². The lowest BCUT2D eigenvalue weighted by atomic mass is 10.4. The number of likely N-dealkylation sites (tertiary alicyclic amines) is 1. The number of aryl methyl sites for hydroxylation is 1. The summed E-state index contributed by atoms with van der Waals surface area (Å²) in [6, 6.07) is 5.51. The fourth-order valence-electron chi connectivity index (χ4n) is 2.44. The van der Waals surface area contributed by atoms with Crippen molar-refractivity contribution in [2.75, 3.05) is 13.2 Å². The number of esters is 1. The van der Waals surface area contributed by atoms with E-state index in [1.165, 1.54) is 0 Å². The van der Waals surface area contributed by atoms with Crippen LogP contribution in [-0.4, -0.2) is 45.2 Å². The molecule has 2 amide bonds. The second-order valence-electron chi connectivity index (χ2n) is 5.14. The molecular formula is C15H15N3O4. The maximum Gasteiger partial charge on any atom is 0.359 e. The van der Waals surface area contributed by atoms with Crippen molar-refractivity contribution in [1.29, 1.82) is 0 Å². The Kier molecular flexibility index (Phi) is 3.62. The minimum absolute atomic E-state index is 0.134. The van der Waals surface area contributed by atoms with Gasteiger partial charge >= 0.3 is 5.97 Å².